The van der Waals surface area contributed by atoms with Gasteiger partial charge in [0.2, 0.25) is 0 Å². The van der Waals surface area contributed by atoms with Crippen LogP contribution in [0.1, 0.15) is 10.4 Å². The highest BCUT2D eigenvalue weighted by Gasteiger charge is 2.20. The SMILES string of the molecule is O=C(NNc1ccc([N+](=O)[O-])cc1[N+](=O)[O-])c1cc2ccccc2cc1O. The van der Waals surface area contributed by atoms with E-state index in [-0.39, 0.29) is 17.0 Å². The van der Waals surface area contributed by atoms with Crippen molar-refractivity contribution in [1.82, 2.24) is 5.43 Å². The minimum Gasteiger partial charge on any atom is -0.507 e. The van der Waals surface area contributed by atoms with Crippen LogP contribution in [0.4, 0.5) is 17.1 Å². The second-order valence-corrected chi connectivity index (χ2v) is 5.51. The molecule has 0 saturated carbocycles. The molecule has 0 aromatic heterocycles. The van der Waals surface area contributed by atoms with E-state index in [4.69, 9.17) is 0 Å². The number of hydrogen-bond donors (Lipinski definition) is 3. The van der Waals surface area contributed by atoms with E-state index in [0.717, 1.165) is 29.0 Å². The smallest absolute Gasteiger partial charge is 0.300 e. The summed E-state index contributed by atoms with van der Waals surface area (Å²) in [6.07, 6.45) is 0. The molecule has 0 spiro atoms. The van der Waals surface area contributed by atoms with E-state index in [0.29, 0.717) is 0 Å². The standard InChI is InChI=1S/C17H12N4O6/c22-16-8-11-4-2-1-3-10(11)7-13(16)17(23)19-18-14-6-5-12(20(24)25)9-15(14)21(26)27/h1-9,18,22H,(H,19,23). The lowest BCUT2D eigenvalue weighted by Crippen LogP contribution is -2.29. The summed E-state index contributed by atoms with van der Waals surface area (Å²) in [6, 6.07) is 13.0. The van der Waals surface area contributed by atoms with Gasteiger partial charge in [-0.15, -0.1) is 0 Å². The highest BCUT2D eigenvalue weighted by Crippen LogP contribution is 2.29. The van der Waals surface area contributed by atoms with E-state index in [1.165, 1.54) is 12.1 Å². The maximum atomic E-state index is 12.3. The number of rotatable bonds is 5. The van der Waals surface area contributed by atoms with Crippen molar-refractivity contribution in [2.75, 3.05) is 5.43 Å². The van der Waals surface area contributed by atoms with Gasteiger partial charge >= 0.3 is 5.69 Å². The van der Waals surface area contributed by atoms with Crippen molar-refractivity contribution in [1.29, 1.82) is 0 Å². The summed E-state index contributed by atoms with van der Waals surface area (Å²) in [7, 11) is 0. The summed E-state index contributed by atoms with van der Waals surface area (Å²) in [4.78, 5) is 32.6. The Morgan fingerprint density at radius 1 is 0.926 bits per heavy atom. The van der Waals surface area contributed by atoms with Crippen LogP contribution in [-0.4, -0.2) is 20.9 Å². The molecule has 10 heteroatoms. The molecule has 0 aliphatic heterocycles. The van der Waals surface area contributed by atoms with Crippen LogP contribution in [0, 0.1) is 20.2 Å². The van der Waals surface area contributed by atoms with E-state index < -0.39 is 27.1 Å². The van der Waals surface area contributed by atoms with Gasteiger partial charge in [0.25, 0.3) is 11.6 Å². The number of phenols is 1. The van der Waals surface area contributed by atoms with Crippen molar-refractivity contribution in [3.63, 3.8) is 0 Å². The van der Waals surface area contributed by atoms with Gasteiger partial charge in [0.15, 0.2) is 0 Å². The molecule has 0 unspecified atom stereocenters. The lowest BCUT2D eigenvalue weighted by atomic mass is 10.1. The number of non-ortho nitro benzene ring substituents is 1. The van der Waals surface area contributed by atoms with Gasteiger partial charge < -0.3 is 5.11 Å². The van der Waals surface area contributed by atoms with Gasteiger partial charge in [-0.3, -0.25) is 35.9 Å². The molecule has 136 valence electrons. The average molecular weight is 368 g/mol. The van der Waals surface area contributed by atoms with Crippen molar-refractivity contribution in [2.24, 2.45) is 0 Å². The zero-order chi connectivity index (χ0) is 19.6. The molecule has 0 heterocycles. The van der Waals surface area contributed by atoms with Crippen molar-refractivity contribution in [2.45, 2.75) is 0 Å². The molecule has 0 fully saturated rings. The fourth-order valence-electron chi connectivity index (χ4n) is 2.49. The summed E-state index contributed by atoms with van der Waals surface area (Å²) < 4.78 is 0. The Hall–Kier alpha value is -4.21. The zero-order valence-corrected chi connectivity index (χ0v) is 13.6. The van der Waals surface area contributed by atoms with Gasteiger partial charge in [-0.05, 0) is 29.0 Å². The number of carbonyl (C=O) groups is 1. The molecular formula is C17H12N4O6. The molecule has 0 atom stereocenters. The molecule has 0 aliphatic rings. The van der Waals surface area contributed by atoms with Crippen molar-refractivity contribution >= 4 is 33.7 Å². The first-order chi connectivity index (χ1) is 12.9. The molecule has 1 amide bonds. The number of nitro benzene ring substituents is 2. The van der Waals surface area contributed by atoms with Gasteiger partial charge in [-0.2, -0.15) is 0 Å². The molecule has 10 nitrogen and oxygen atoms in total. The number of phenolic OH excluding ortho intramolecular Hbond substituents is 1. The largest absolute Gasteiger partial charge is 0.507 e. The fraction of sp³-hybridized carbons (Fsp3) is 0. The Labute approximate surface area is 151 Å². The van der Waals surface area contributed by atoms with E-state index in [1.807, 2.05) is 0 Å². The van der Waals surface area contributed by atoms with Gasteiger partial charge in [0, 0.05) is 6.07 Å². The molecule has 3 N–H and O–H groups in total. The number of carbonyl (C=O) groups excluding carboxylic acids is 1. The quantitative estimate of drug-likeness (QED) is 0.463. The Morgan fingerprint density at radius 3 is 2.22 bits per heavy atom. The molecule has 3 rings (SSSR count). The molecule has 3 aromatic carbocycles. The fourth-order valence-corrected chi connectivity index (χ4v) is 2.49. The van der Waals surface area contributed by atoms with Crippen LogP contribution >= 0.6 is 0 Å². The van der Waals surface area contributed by atoms with E-state index >= 15 is 0 Å². The predicted octanol–water partition coefficient (Wildman–Crippen LogP) is 3.12. The monoisotopic (exact) mass is 368 g/mol. The van der Waals surface area contributed by atoms with Crippen LogP contribution in [0.3, 0.4) is 0 Å². The lowest BCUT2D eigenvalue weighted by molar-refractivity contribution is -0.393. The second kappa shape index (κ2) is 6.96. The van der Waals surface area contributed by atoms with E-state index in [1.54, 1.807) is 24.3 Å². The third kappa shape index (κ3) is 3.58. The number of nitrogens with zero attached hydrogens (tertiary/aromatic N) is 2. The van der Waals surface area contributed by atoms with Gasteiger partial charge in [0.05, 0.1) is 21.5 Å². The maximum absolute atomic E-state index is 12.3. The Balaban J connectivity index is 1.85. The Morgan fingerprint density at radius 2 is 1.59 bits per heavy atom. The first-order valence-electron chi connectivity index (χ1n) is 7.58. The summed E-state index contributed by atoms with van der Waals surface area (Å²) in [5.41, 5.74) is 3.40. The van der Waals surface area contributed by atoms with Crippen LogP contribution in [0.2, 0.25) is 0 Å². The first kappa shape index (κ1) is 17.6. The Bertz CT molecular complexity index is 1080. The van der Waals surface area contributed by atoms with Gasteiger partial charge in [-0.1, -0.05) is 24.3 Å². The van der Waals surface area contributed by atoms with E-state index in [2.05, 4.69) is 10.9 Å². The predicted molar refractivity (Wildman–Crippen MR) is 96.5 cm³/mol. The highest BCUT2D eigenvalue weighted by atomic mass is 16.6. The van der Waals surface area contributed by atoms with Gasteiger partial charge in [0.1, 0.15) is 11.4 Å². The van der Waals surface area contributed by atoms with Crippen molar-refractivity contribution < 1.29 is 19.7 Å². The number of anilines is 1. The minimum atomic E-state index is -0.811. The number of fused-ring (bicyclic) bond motifs is 1. The van der Waals surface area contributed by atoms with Crippen LogP contribution in [-0.2, 0) is 0 Å². The molecule has 0 saturated heterocycles. The molecule has 27 heavy (non-hydrogen) atoms. The summed E-state index contributed by atoms with van der Waals surface area (Å²) >= 11 is 0. The second-order valence-electron chi connectivity index (χ2n) is 5.51. The van der Waals surface area contributed by atoms with Gasteiger partial charge in [-0.25, -0.2) is 0 Å². The van der Waals surface area contributed by atoms with Crippen LogP contribution < -0.4 is 10.9 Å². The topological polar surface area (TPSA) is 148 Å². The third-order valence-corrected chi connectivity index (χ3v) is 3.81. The molecule has 0 radical (unpaired) electrons. The Kier molecular flexibility index (Phi) is 4.54. The van der Waals surface area contributed by atoms with Crippen LogP contribution in [0.5, 0.6) is 5.75 Å². The minimum absolute atomic E-state index is 0.0363. The molecule has 3 aromatic rings. The molecule has 0 aliphatic carbocycles. The third-order valence-electron chi connectivity index (χ3n) is 3.81. The molecule has 0 bridgehead atoms. The average Bonchev–Trinajstić information content (AvgIpc) is 2.65. The van der Waals surface area contributed by atoms with Crippen molar-refractivity contribution in [3.8, 4) is 5.75 Å². The van der Waals surface area contributed by atoms with Crippen molar-refractivity contribution in [3.05, 3.63) is 80.4 Å². The zero-order valence-electron chi connectivity index (χ0n) is 13.6. The summed E-state index contributed by atoms with van der Waals surface area (Å²) in [5.74, 6) is -0.989. The normalized spacial score (nSPS) is 10.4. The highest BCUT2D eigenvalue weighted by molar-refractivity contribution is 6.02. The number of nitro groups is 2. The number of amides is 1. The summed E-state index contributed by atoms with van der Waals surface area (Å²) in [6.45, 7) is 0. The molecular weight excluding hydrogens is 356 g/mol. The number of hydrogen-bond acceptors (Lipinski definition) is 7. The summed E-state index contributed by atoms with van der Waals surface area (Å²) in [5, 5.41) is 33.4. The first-order valence-corrected chi connectivity index (χ1v) is 7.58. The van der Waals surface area contributed by atoms with E-state index in [9.17, 15) is 30.1 Å². The van der Waals surface area contributed by atoms with Crippen LogP contribution in [0.25, 0.3) is 10.8 Å². The number of benzene rings is 3. The number of aromatic hydroxyl groups is 1. The lowest BCUT2D eigenvalue weighted by Gasteiger charge is -2.10. The number of hydrazine groups is 1. The van der Waals surface area contributed by atoms with Crippen LogP contribution in [0.15, 0.2) is 54.6 Å². The maximum Gasteiger partial charge on any atom is 0.300 e. The number of nitrogens with one attached hydrogen (secondary N) is 2.